The van der Waals surface area contributed by atoms with Gasteiger partial charge in [-0.25, -0.2) is 4.57 Å². The molecule has 2 aromatic carbocycles. The van der Waals surface area contributed by atoms with Crippen LogP contribution in [0.5, 0.6) is 5.75 Å². The molecular formula is C21H24N3O4P. The first-order valence-corrected chi connectivity index (χ1v) is 11.0. The number of H-pyrrole nitrogens is 1. The summed E-state index contributed by atoms with van der Waals surface area (Å²) in [5.41, 5.74) is 9.15. The summed E-state index contributed by atoms with van der Waals surface area (Å²) in [6.45, 7) is 0. The van der Waals surface area contributed by atoms with Gasteiger partial charge in [0.05, 0.1) is 0 Å². The number of carbonyl (C=O) groups excluding carboxylic acids is 1. The number of fused-ring (bicyclic) bond motifs is 3. The lowest BCUT2D eigenvalue weighted by Gasteiger charge is -2.34. The number of benzene rings is 2. The van der Waals surface area contributed by atoms with E-state index in [1.54, 1.807) is 29.9 Å². The van der Waals surface area contributed by atoms with Gasteiger partial charge in [-0.2, -0.15) is 4.67 Å². The molecule has 3 N–H and O–H groups in total. The minimum absolute atomic E-state index is 0.0340. The zero-order valence-corrected chi connectivity index (χ0v) is 17.3. The second-order valence-electron chi connectivity index (χ2n) is 7.23. The van der Waals surface area contributed by atoms with Crippen LogP contribution < -0.4 is 10.3 Å². The molecule has 0 fully saturated rings. The lowest BCUT2D eigenvalue weighted by atomic mass is 9.91. The van der Waals surface area contributed by atoms with Crippen molar-refractivity contribution in [3.05, 3.63) is 65.4 Å². The van der Waals surface area contributed by atoms with Crippen molar-refractivity contribution < 1.29 is 18.4 Å². The molecule has 0 radical (unpaired) electrons. The number of para-hydroxylation sites is 1. The molecule has 1 aromatic heterocycles. The highest BCUT2D eigenvalue weighted by atomic mass is 31.2. The first-order chi connectivity index (χ1) is 13.9. The van der Waals surface area contributed by atoms with Crippen LogP contribution in [0.4, 0.5) is 0 Å². The smallest absolute Gasteiger partial charge is 0.413 e. The summed E-state index contributed by atoms with van der Waals surface area (Å²) in [5.74, 6) is 0.0469. The summed E-state index contributed by atoms with van der Waals surface area (Å²) in [4.78, 5) is 15.0. The van der Waals surface area contributed by atoms with Gasteiger partial charge in [0.25, 0.3) is 0 Å². The number of carbonyl (C=O) groups is 1. The Morgan fingerprint density at radius 1 is 1.24 bits per heavy atom. The number of likely N-dealkylation sites (N-methyl/N-ethyl adjacent to an activating group) is 1. The van der Waals surface area contributed by atoms with Crippen molar-refractivity contribution in [2.24, 2.45) is 5.73 Å². The van der Waals surface area contributed by atoms with Crippen LogP contribution in [-0.2, 0) is 21.9 Å². The van der Waals surface area contributed by atoms with Crippen molar-refractivity contribution >= 4 is 24.6 Å². The van der Waals surface area contributed by atoms with Crippen molar-refractivity contribution in [2.75, 3.05) is 14.2 Å². The molecule has 0 spiro atoms. The van der Waals surface area contributed by atoms with E-state index in [4.69, 9.17) is 14.8 Å². The fraction of sp³-hybridized carbons (Fsp3) is 0.286. The fourth-order valence-electron chi connectivity index (χ4n) is 3.92. The fourth-order valence-corrected chi connectivity index (χ4v) is 5.36. The number of aryl methyl sites for hydroxylation is 1. The normalized spacial score (nSPS) is 18.4. The predicted octanol–water partition coefficient (Wildman–Crippen LogP) is 3.89. The number of aromatic nitrogens is 1. The number of aromatic amines is 1. The van der Waals surface area contributed by atoms with Crippen molar-refractivity contribution in [1.82, 2.24) is 9.65 Å². The molecule has 1 amide bonds. The number of nitrogens with two attached hydrogens (primary N) is 1. The third-order valence-electron chi connectivity index (χ3n) is 5.56. The van der Waals surface area contributed by atoms with Gasteiger partial charge in [0.15, 0.2) is 0 Å². The minimum atomic E-state index is -3.51. The molecule has 0 bridgehead atoms. The van der Waals surface area contributed by atoms with Gasteiger partial charge >= 0.3 is 7.75 Å². The topological polar surface area (TPSA) is 97.7 Å². The summed E-state index contributed by atoms with van der Waals surface area (Å²) in [6, 6.07) is 14.4. The lowest BCUT2D eigenvalue weighted by Crippen LogP contribution is -2.35. The van der Waals surface area contributed by atoms with Crippen molar-refractivity contribution in [1.29, 1.82) is 0 Å². The second kappa shape index (κ2) is 7.67. The average Bonchev–Trinajstić information content (AvgIpc) is 3.10. The molecule has 152 valence electrons. The van der Waals surface area contributed by atoms with Gasteiger partial charge < -0.3 is 15.2 Å². The van der Waals surface area contributed by atoms with Crippen molar-refractivity contribution in [3.63, 3.8) is 0 Å². The Bertz CT molecular complexity index is 1100. The molecule has 0 saturated heterocycles. The van der Waals surface area contributed by atoms with E-state index in [1.807, 2.05) is 30.3 Å². The van der Waals surface area contributed by atoms with E-state index in [2.05, 4.69) is 4.98 Å². The van der Waals surface area contributed by atoms with Gasteiger partial charge in [-0.3, -0.25) is 9.32 Å². The molecule has 8 heteroatoms. The zero-order valence-electron chi connectivity index (χ0n) is 16.4. The molecule has 1 aliphatic rings. The van der Waals surface area contributed by atoms with E-state index in [0.717, 1.165) is 35.0 Å². The number of rotatable bonds is 6. The Balaban J connectivity index is 1.62. The monoisotopic (exact) mass is 413 g/mol. The van der Waals surface area contributed by atoms with Crippen molar-refractivity contribution in [2.45, 2.75) is 25.3 Å². The van der Waals surface area contributed by atoms with Crippen molar-refractivity contribution in [3.8, 4) is 5.75 Å². The molecule has 2 unspecified atom stereocenters. The summed E-state index contributed by atoms with van der Waals surface area (Å²) in [5, 5.41) is 0.977. The first kappa shape index (κ1) is 19.7. The first-order valence-electron chi connectivity index (χ1n) is 9.48. The minimum Gasteiger partial charge on any atom is -0.413 e. The molecule has 1 heterocycles. The summed E-state index contributed by atoms with van der Waals surface area (Å²) >= 11 is 0. The standard InChI is InChI=1S/C21H24N3O4P/c1-24(29(26,27-2)28-16-6-4-3-5-7-16)15-9-11-20-18(13-15)17-12-14(21(22)25)8-10-19(17)23-20/h3-8,10,12,15,23H,9,11,13H2,1-2H3,(H2,22,25). The third kappa shape index (κ3) is 3.69. The average molecular weight is 413 g/mol. The van der Waals surface area contributed by atoms with Gasteiger partial charge in [0.1, 0.15) is 5.75 Å². The SMILES string of the molecule is COP(=O)(Oc1ccccc1)N(C)C1CCc2[nH]c3ccc(C(N)=O)cc3c2C1. The highest BCUT2D eigenvalue weighted by molar-refractivity contribution is 7.51. The summed E-state index contributed by atoms with van der Waals surface area (Å²) < 4.78 is 26.2. The van der Waals surface area contributed by atoms with Gasteiger partial charge in [0, 0.05) is 35.3 Å². The van der Waals surface area contributed by atoms with E-state index >= 15 is 0 Å². The van der Waals surface area contributed by atoms with E-state index in [-0.39, 0.29) is 6.04 Å². The Labute approximate surface area is 169 Å². The molecule has 0 saturated carbocycles. The van der Waals surface area contributed by atoms with Gasteiger partial charge in [-0.15, -0.1) is 0 Å². The van der Waals surface area contributed by atoms with Gasteiger partial charge in [-0.05, 0) is 62.2 Å². The molecule has 0 aliphatic heterocycles. The van der Waals surface area contributed by atoms with Crippen LogP contribution >= 0.6 is 7.75 Å². The molecule has 2 atom stereocenters. The molecule has 4 rings (SSSR count). The predicted molar refractivity (Wildman–Crippen MR) is 112 cm³/mol. The number of nitrogens with one attached hydrogen (secondary N) is 1. The highest BCUT2D eigenvalue weighted by Crippen LogP contribution is 2.52. The Hall–Kier alpha value is -2.60. The maximum atomic E-state index is 13.4. The number of hydrogen-bond donors (Lipinski definition) is 2. The highest BCUT2D eigenvalue weighted by Gasteiger charge is 2.38. The molecule has 7 nitrogen and oxygen atoms in total. The van der Waals surface area contributed by atoms with E-state index in [9.17, 15) is 9.36 Å². The molecule has 1 aliphatic carbocycles. The summed E-state index contributed by atoms with van der Waals surface area (Å²) in [7, 11) is -0.339. The Kier molecular flexibility index (Phi) is 5.21. The maximum absolute atomic E-state index is 13.4. The van der Waals surface area contributed by atoms with Crippen LogP contribution in [0.1, 0.15) is 28.0 Å². The van der Waals surface area contributed by atoms with Crippen LogP contribution in [0, 0.1) is 0 Å². The van der Waals surface area contributed by atoms with Crippen LogP contribution in [0.25, 0.3) is 10.9 Å². The van der Waals surface area contributed by atoms with Crippen LogP contribution in [0.3, 0.4) is 0 Å². The number of amides is 1. The zero-order chi connectivity index (χ0) is 20.6. The molecule has 29 heavy (non-hydrogen) atoms. The lowest BCUT2D eigenvalue weighted by molar-refractivity contribution is 0.100. The van der Waals surface area contributed by atoms with E-state index < -0.39 is 13.7 Å². The Morgan fingerprint density at radius 3 is 2.69 bits per heavy atom. The van der Waals surface area contributed by atoms with Gasteiger partial charge in [0.2, 0.25) is 5.91 Å². The number of primary amides is 1. The second-order valence-corrected chi connectivity index (χ2v) is 9.35. The van der Waals surface area contributed by atoms with Crippen LogP contribution in [-0.4, -0.2) is 35.8 Å². The third-order valence-corrected chi connectivity index (χ3v) is 7.56. The maximum Gasteiger partial charge on any atom is 0.461 e. The Morgan fingerprint density at radius 2 is 2.00 bits per heavy atom. The number of hydrogen-bond acceptors (Lipinski definition) is 4. The number of nitrogens with zero attached hydrogens (tertiary/aromatic N) is 1. The van der Waals surface area contributed by atoms with E-state index in [1.165, 1.54) is 7.11 Å². The largest absolute Gasteiger partial charge is 0.461 e. The molecule has 3 aromatic rings. The summed E-state index contributed by atoms with van der Waals surface area (Å²) in [6.07, 6.45) is 2.28. The van der Waals surface area contributed by atoms with Crippen LogP contribution in [0.2, 0.25) is 0 Å². The quantitative estimate of drug-likeness (QED) is 0.598. The molecular weight excluding hydrogens is 389 g/mol. The van der Waals surface area contributed by atoms with Crippen LogP contribution in [0.15, 0.2) is 48.5 Å². The van der Waals surface area contributed by atoms with E-state index in [0.29, 0.717) is 17.7 Å². The van der Waals surface area contributed by atoms with Gasteiger partial charge in [-0.1, -0.05) is 18.2 Å².